The second-order valence-electron chi connectivity index (χ2n) is 6.07. The Labute approximate surface area is 132 Å². The lowest BCUT2D eigenvalue weighted by Gasteiger charge is -2.10. The van der Waals surface area contributed by atoms with Crippen molar-refractivity contribution in [3.05, 3.63) is 41.2 Å². The molecule has 0 radical (unpaired) electrons. The zero-order valence-electron chi connectivity index (χ0n) is 13.7. The maximum absolute atomic E-state index is 12.2. The van der Waals surface area contributed by atoms with Crippen LogP contribution in [0.3, 0.4) is 0 Å². The van der Waals surface area contributed by atoms with Gasteiger partial charge < -0.3 is 0 Å². The molecule has 2 rings (SSSR count). The Kier molecular flexibility index (Phi) is 4.60. The summed E-state index contributed by atoms with van der Waals surface area (Å²) >= 11 is 0. The van der Waals surface area contributed by atoms with Crippen LogP contribution in [-0.2, 0) is 10.0 Å². The number of benzene rings is 1. The molecule has 0 unspecified atom stereocenters. The van der Waals surface area contributed by atoms with Gasteiger partial charge in [0.05, 0.1) is 28.5 Å². The average molecular weight is 321 g/mol. The Bertz CT molecular complexity index is 759. The first-order valence-electron chi connectivity index (χ1n) is 7.33. The molecule has 0 aliphatic carbocycles. The zero-order chi connectivity index (χ0) is 16.5. The number of nitrogens with one attached hydrogen (secondary N) is 1. The van der Waals surface area contributed by atoms with Crippen LogP contribution in [-0.4, -0.2) is 24.0 Å². The molecule has 0 amide bonds. The number of hydrogen-bond acceptors (Lipinski definition) is 3. The minimum Gasteiger partial charge on any atom is -0.280 e. The maximum Gasteiger partial charge on any atom is 0.233 e. The highest BCUT2D eigenvalue weighted by atomic mass is 32.2. The van der Waals surface area contributed by atoms with Crippen LogP contribution in [0.5, 0.6) is 0 Å². The summed E-state index contributed by atoms with van der Waals surface area (Å²) < 4.78 is 28.8. The van der Waals surface area contributed by atoms with Gasteiger partial charge in [0.15, 0.2) is 0 Å². The van der Waals surface area contributed by atoms with Gasteiger partial charge in [-0.15, -0.1) is 0 Å². The molecule has 1 N–H and O–H groups in total. The number of sulfonamides is 1. The van der Waals surface area contributed by atoms with Crippen LogP contribution in [0.2, 0.25) is 0 Å². The summed E-state index contributed by atoms with van der Waals surface area (Å²) in [5, 5.41) is 4.46. The summed E-state index contributed by atoms with van der Waals surface area (Å²) in [5.74, 6) is 0.173. The van der Waals surface area contributed by atoms with E-state index < -0.39 is 10.0 Å². The van der Waals surface area contributed by atoms with Crippen LogP contribution in [0.25, 0.3) is 5.69 Å². The fraction of sp³-hybridized carbons (Fsp3) is 0.438. The third kappa shape index (κ3) is 3.68. The Morgan fingerprint density at radius 2 is 1.73 bits per heavy atom. The second-order valence-corrected chi connectivity index (χ2v) is 7.84. The van der Waals surface area contributed by atoms with Crippen LogP contribution in [0.1, 0.15) is 30.8 Å². The minimum atomic E-state index is -3.36. The predicted molar refractivity (Wildman–Crippen MR) is 90.0 cm³/mol. The van der Waals surface area contributed by atoms with Crippen molar-refractivity contribution in [2.75, 3.05) is 10.5 Å². The van der Waals surface area contributed by atoms with E-state index in [9.17, 15) is 8.42 Å². The largest absolute Gasteiger partial charge is 0.280 e. The Balaban J connectivity index is 2.37. The van der Waals surface area contributed by atoms with Gasteiger partial charge in [-0.05, 0) is 38.8 Å². The molecule has 5 nitrogen and oxygen atoms in total. The molecule has 0 fully saturated rings. The molecule has 2 aromatic rings. The van der Waals surface area contributed by atoms with Crippen LogP contribution in [0, 0.1) is 26.7 Å². The molecule has 0 saturated carbocycles. The summed E-state index contributed by atoms with van der Waals surface area (Å²) in [6, 6.07) is 7.96. The summed E-state index contributed by atoms with van der Waals surface area (Å²) in [6.07, 6.45) is 0. The van der Waals surface area contributed by atoms with Crippen LogP contribution in [0.4, 0.5) is 5.69 Å². The lowest BCUT2D eigenvalue weighted by atomic mass is 10.2. The van der Waals surface area contributed by atoms with Crippen molar-refractivity contribution < 1.29 is 8.42 Å². The van der Waals surface area contributed by atoms with Crippen molar-refractivity contribution >= 4 is 15.7 Å². The van der Waals surface area contributed by atoms with Gasteiger partial charge in [-0.3, -0.25) is 4.72 Å². The zero-order valence-corrected chi connectivity index (χ0v) is 14.5. The molecule has 22 heavy (non-hydrogen) atoms. The first kappa shape index (κ1) is 16.5. The topological polar surface area (TPSA) is 64.0 Å². The van der Waals surface area contributed by atoms with Gasteiger partial charge in [-0.25, -0.2) is 13.1 Å². The van der Waals surface area contributed by atoms with E-state index in [0.717, 1.165) is 11.4 Å². The van der Waals surface area contributed by atoms with E-state index in [2.05, 4.69) is 9.82 Å². The molecule has 1 aromatic heterocycles. The highest BCUT2D eigenvalue weighted by Crippen LogP contribution is 2.24. The molecule has 6 heteroatoms. The Morgan fingerprint density at radius 3 is 2.27 bits per heavy atom. The quantitative estimate of drug-likeness (QED) is 0.920. The number of nitrogens with zero attached hydrogens (tertiary/aromatic N) is 2. The van der Waals surface area contributed by atoms with Crippen LogP contribution < -0.4 is 4.72 Å². The van der Waals surface area contributed by atoms with Gasteiger partial charge in [-0.2, -0.15) is 5.10 Å². The third-order valence-corrected chi connectivity index (χ3v) is 5.00. The maximum atomic E-state index is 12.2. The van der Waals surface area contributed by atoms with E-state index in [0.29, 0.717) is 11.4 Å². The van der Waals surface area contributed by atoms with Crippen molar-refractivity contribution in [2.24, 2.45) is 5.92 Å². The monoisotopic (exact) mass is 321 g/mol. The van der Waals surface area contributed by atoms with E-state index in [1.807, 2.05) is 58.9 Å². The van der Waals surface area contributed by atoms with Crippen molar-refractivity contribution in [3.63, 3.8) is 0 Å². The molecule has 0 atom stereocenters. The second kappa shape index (κ2) is 6.12. The molecular formula is C16H23N3O2S. The van der Waals surface area contributed by atoms with E-state index in [1.165, 1.54) is 5.56 Å². The van der Waals surface area contributed by atoms with Crippen molar-refractivity contribution in [2.45, 2.75) is 34.6 Å². The van der Waals surface area contributed by atoms with E-state index in [4.69, 9.17) is 0 Å². The number of anilines is 1. The molecule has 0 spiro atoms. The van der Waals surface area contributed by atoms with Crippen molar-refractivity contribution in [3.8, 4) is 5.69 Å². The molecule has 0 aliphatic heterocycles. The SMILES string of the molecule is Cc1ccc(-n2nc(C)c(NS(=O)(=O)CC(C)C)c2C)cc1. The minimum absolute atomic E-state index is 0.0743. The molecule has 1 heterocycles. The van der Waals surface area contributed by atoms with Crippen molar-refractivity contribution in [1.82, 2.24) is 9.78 Å². The predicted octanol–water partition coefficient (Wildman–Crippen LogP) is 3.20. The summed E-state index contributed by atoms with van der Waals surface area (Å²) in [7, 11) is -3.36. The van der Waals surface area contributed by atoms with E-state index >= 15 is 0 Å². The third-order valence-electron chi connectivity index (χ3n) is 3.38. The fourth-order valence-electron chi connectivity index (χ4n) is 2.36. The highest BCUT2D eigenvalue weighted by Gasteiger charge is 2.19. The lowest BCUT2D eigenvalue weighted by molar-refractivity contribution is 0.587. The smallest absolute Gasteiger partial charge is 0.233 e. The first-order chi connectivity index (χ1) is 10.2. The van der Waals surface area contributed by atoms with Gasteiger partial charge in [0, 0.05) is 0 Å². The van der Waals surface area contributed by atoms with Gasteiger partial charge in [-0.1, -0.05) is 31.5 Å². The van der Waals surface area contributed by atoms with E-state index in [1.54, 1.807) is 4.68 Å². The molecule has 0 bridgehead atoms. The molecule has 1 aromatic carbocycles. The number of rotatable bonds is 5. The van der Waals surface area contributed by atoms with Crippen LogP contribution >= 0.6 is 0 Å². The number of aromatic nitrogens is 2. The van der Waals surface area contributed by atoms with Crippen LogP contribution in [0.15, 0.2) is 24.3 Å². The molecular weight excluding hydrogens is 298 g/mol. The Hall–Kier alpha value is -1.82. The van der Waals surface area contributed by atoms with Crippen molar-refractivity contribution in [1.29, 1.82) is 0 Å². The molecule has 120 valence electrons. The standard InChI is InChI=1S/C16H23N3O2S/c1-11(2)10-22(20,21)18-16-13(4)17-19(14(16)5)15-8-6-12(3)7-9-15/h6-9,11,18H,10H2,1-5H3. The highest BCUT2D eigenvalue weighted by molar-refractivity contribution is 7.92. The molecule has 0 aliphatic rings. The van der Waals surface area contributed by atoms with E-state index in [-0.39, 0.29) is 11.7 Å². The first-order valence-corrected chi connectivity index (χ1v) is 8.98. The number of aryl methyl sites for hydroxylation is 2. The normalized spacial score (nSPS) is 11.9. The van der Waals surface area contributed by atoms with Gasteiger partial charge in [0.2, 0.25) is 10.0 Å². The summed E-state index contributed by atoms with van der Waals surface area (Å²) in [6.45, 7) is 9.47. The number of hydrogen-bond donors (Lipinski definition) is 1. The average Bonchev–Trinajstić information content (AvgIpc) is 2.66. The fourth-order valence-corrected chi connectivity index (χ4v) is 3.93. The van der Waals surface area contributed by atoms with Gasteiger partial charge >= 0.3 is 0 Å². The van der Waals surface area contributed by atoms with Gasteiger partial charge in [0.1, 0.15) is 0 Å². The Morgan fingerprint density at radius 1 is 1.14 bits per heavy atom. The lowest BCUT2D eigenvalue weighted by Crippen LogP contribution is -2.20. The molecule has 0 saturated heterocycles. The van der Waals surface area contributed by atoms with Gasteiger partial charge in [0.25, 0.3) is 0 Å². The summed E-state index contributed by atoms with van der Waals surface area (Å²) in [5.41, 5.74) is 4.11. The summed E-state index contributed by atoms with van der Waals surface area (Å²) in [4.78, 5) is 0.